The molecule has 2 N–H and O–H groups in total. The molecule has 114 valence electrons. The van der Waals surface area contributed by atoms with Crippen LogP contribution in [0.5, 0.6) is 0 Å². The molecule has 0 unspecified atom stereocenters. The molecule has 0 aromatic carbocycles. The molecule has 1 aromatic heterocycles. The van der Waals surface area contributed by atoms with E-state index in [0.29, 0.717) is 10.4 Å². The molecular formula is C14H20N4O2S. The fraction of sp³-hybridized carbons (Fsp3) is 0.571. The Morgan fingerprint density at radius 3 is 2.86 bits per heavy atom. The number of esters is 1. The van der Waals surface area contributed by atoms with Gasteiger partial charge in [0.1, 0.15) is 21.5 Å². The smallest absolute Gasteiger partial charge is 0.343 e. The van der Waals surface area contributed by atoms with Crippen LogP contribution in [-0.2, 0) is 4.74 Å². The van der Waals surface area contributed by atoms with Crippen LogP contribution in [0.15, 0.2) is 0 Å². The molecule has 6 nitrogen and oxygen atoms in total. The number of nitriles is 1. The standard InChI is InChI=1S/C14H20N4O2S/c1-3-20-14(19)11-12(16)10(9-15)21-13(11)18-6-4-5-17(2)7-8-18/h3-8,16H2,1-2H3. The molecule has 0 bridgehead atoms. The van der Waals surface area contributed by atoms with Gasteiger partial charge in [-0.1, -0.05) is 0 Å². The lowest BCUT2D eigenvalue weighted by atomic mass is 10.2. The highest BCUT2D eigenvalue weighted by Crippen LogP contribution is 2.38. The van der Waals surface area contributed by atoms with Gasteiger partial charge in [0, 0.05) is 19.6 Å². The third kappa shape index (κ3) is 3.28. The molecular weight excluding hydrogens is 288 g/mol. The Labute approximate surface area is 128 Å². The van der Waals surface area contributed by atoms with Crippen LogP contribution in [-0.4, -0.2) is 50.7 Å². The molecule has 2 heterocycles. The molecule has 0 aliphatic carbocycles. The van der Waals surface area contributed by atoms with Gasteiger partial charge in [0.25, 0.3) is 0 Å². The van der Waals surface area contributed by atoms with Gasteiger partial charge in [-0.2, -0.15) is 5.26 Å². The second-order valence-corrected chi connectivity index (χ2v) is 6.00. The number of nitrogens with two attached hydrogens (primary N) is 1. The van der Waals surface area contributed by atoms with Gasteiger partial charge in [-0.05, 0) is 26.9 Å². The van der Waals surface area contributed by atoms with Crippen LogP contribution in [0.3, 0.4) is 0 Å². The Kier molecular flexibility index (Phi) is 5.04. The largest absolute Gasteiger partial charge is 0.462 e. The number of anilines is 2. The number of ether oxygens (including phenoxy) is 1. The SMILES string of the molecule is CCOC(=O)c1c(N2CCCN(C)CC2)sc(C#N)c1N. The topological polar surface area (TPSA) is 82.6 Å². The average Bonchev–Trinajstić information content (AvgIpc) is 2.63. The monoisotopic (exact) mass is 308 g/mol. The first kappa shape index (κ1) is 15.6. The number of carbonyl (C=O) groups is 1. The average molecular weight is 308 g/mol. The van der Waals surface area contributed by atoms with Crippen molar-refractivity contribution in [3.63, 3.8) is 0 Å². The van der Waals surface area contributed by atoms with Crippen molar-refractivity contribution in [3.05, 3.63) is 10.4 Å². The predicted molar refractivity (Wildman–Crippen MR) is 83.7 cm³/mol. The molecule has 2 rings (SSSR count). The van der Waals surface area contributed by atoms with Crippen molar-refractivity contribution in [3.8, 4) is 6.07 Å². The van der Waals surface area contributed by atoms with Gasteiger partial charge in [0.05, 0.1) is 12.3 Å². The van der Waals surface area contributed by atoms with E-state index in [9.17, 15) is 4.79 Å². The Morgan fingerprint density at radius 1 is 1.43 bits per heavy atom. The number of hydrogen-bond donors (Lipinski definition) is 1. The predicted octanol–water partition coefficient (Wildman–Crippen LogP) is 1.52. The maximum Gasteiger partial charge on any atom is 0.343 e. The van der Waals surface area contributed by atoms with E-state index in [1.165, 1.54) is 11.3 Å². The van der Waals surface area contributed by atoms with Gasteiger partial charge in [-0.15, -0.1) is 11.3 Å². The molecule has 0 saturated carbocycles. The van der Waals surface area contributed by atoms with Crippen molar-refractivity contribution in [2.75, 3.05) is 50.5 Å². The summed E-state index contributed by atoms with van der Waals surface area (Å²) >= 11 is 1.28. The van der Waals surface area contributed by atoms with E-state index in [2.05, 4.69) is 22.9 Å². The molecule has 21 heavy (non-hydrogen) atoms. The van der Waals surface area contributed by atoms with Crippen LogP contribution in [0.2, 0.25) is 0 Å². The summed E-state index contributed by atoms with van der Waals surface area (Å²) in [6.07, 6.45) is 1.01. The quantitative estimate of drug-likeness (QED) is 0.853. The van der Waals surface area contributed by atoms with E-state index in [4.69, 9.17) is 15.7 Å². The first-order chi connectivity index (χ1) is 10.1. The Hall–Kier alpha value is -1.78. The zero-order chi connectivity index (χ0) is 15.4. The highest BCUT2D eigenvalue weighted by Gasteiger charge is 2.27. The molecule has 1 aliphatic rings. The first-order valence-corrected chi connectivity index (χ1v) is 7.83. The Morgan fingerprint density at radius 2 is 2.19 bits per heavy atom. The summed E-state index contributed by atoms with van der Waals surface area (Å²) < 4.78 is 5.09. The maximum atomic E-state index is 12.2. The zero-order valence-electron chi connectivity index (χ0n) is 12.4. The minimum absolute atomic E-state index is 0.244. The van der Waals surface area contributed by atoms with Crippen molar-refractivity contribution in [1.82, 2.24) is 4.90 Å². The lowest BCUT2D eigenvalue weighted by Gasteiger charge is -2.22. The lowest BCUT2D eigenvalue weighted by Crippen LogP contribution is -2.29. The highest BCUT2D eigenvalue weighted by atomic mass is 32.1. The van der Waals surface area contributed by atoms with E-state index in [-0.39, 0.29) is 12.3 Å². The Balaban J connectivity index is 2.37. The van der Waals surface area contributed by atoms with Crippen molar-refractivity contribution in [2.45, 2.75) is 13.3 Å². The van der Waals surface area contributed by atoms with Crippen LogP contribution >= 0.6 is 11.3 Å². The number of nitrogen functional groups attached to an aromatic ring is 1. The Bertz CT molecular complexity index is 564. The molecule has 0 spiro atoms. The summed E-state index contributed by atoms with van der Waals surface area (Å²) in [5, 5.41) is 9.93. The van der Waals surface area contributed by atoms with E-state index in [0.717, 1.165) is 37.6 Å². The summed E-state index contributed by atoms with van der Waals surface area (Å²) in [6, 6.07) is 2.07. The molecule has 1 aromatic rings. The molecule has 0 radical (unpaired) electrons. The third-order valence-electron chi connectivity index (χ3n) is 3.51. The van der Waals surface area contributed by atoms with E-state index in [1.807, 2.05) is 0 Å². The summed E-state index contributed by atoms with van der Waals surface area (Å²) in [5.41, 5.74) is 6.56. The van der Waals surface area contributed by atoms with Crippen LogP contribution in [0.1, 0.15) is 28.6 Å². The molecule has 1 saturated heterocycles. The molecule has 0 atom stereocenters. The second-order valence-electron chi connectivity index (χ2n) is 5.00. The van der Waals surface area contributed by atoms with Gasteiger partial charge in [-0.3, -0.25) is 0 Å². The van der Waals surface area contributed by atoms with Crippen molar-refractivity contribution in [2.24, 2.45) is 0 Å². The van der Waals surface area contributed by atoms with Crippen molar-refractivity contribution in [1.29, 1.82) is 5.26 Å². The van der Waals surface area contributed by atoms with Crippen molar-refractivity contribution >= 4 is 28.0 Å². The van der Waals surface area contributed by atoms with Crippen LogP contribution in [0.25, 0.3) is 0 Å². The molecule has 1 aliphatic heterocycles. The first-order valence-electron chi connectivity index (χ1n) is 7.01. The number of rotatable bonds is 3. The molecule has 7 heteroatoms. The summed E-state index contributed by atoms with van der Waals surface area (Å²) in [5.74, 6) is -0.444. The summed E-state index contributed by atoms with van der Waals surface area (Å²) in [6.45, 7) is 5.65. The summed E-state index contributed by atoms with van der Waals surface area (Å²) in [4.78, 5) is 16.9. The summed E-state index contributed by atoms with van der Waals surface area (Å²) in [7, 11) is 2.08. The van der Waals surface area contributed by atoms with Crippen LogP contribution < -0.4 is 10.6 Å². The van der Waals surface area contributed by atoms with Gasteiger partial charge in [0.15, 0.2) is 0 Å². The second kappa shape index (κ2) is 6.78. The minimum atomic E-state index is -0.444. The van der Waals surface area contributed by atoms with E-state index < -0.39 is 5.97 Å². The fourth-order valence-corrected chi connectivity index (χ4v) is 3.45. The van der Waals surface area contributed by atoms with Crippen molar-refractivity contribution < 1.29 is 9.53 Å². The zero-order valence-corrected chi connectivity index (χ0v) is 13.2. The van der Waals surface area contributed by atoms with E-state index in [1.54, 1.807) is 6.92 Å². The fourth-order valence-electron chi connectivity index (χ4n) is 2.39. The number of hydrogen-bond acceptors (Lipinski definition) is 7. The maximum absolute atomic E-state index is 12.2. The van der Waals surface area contributed by atoms with Gasteiger partial charge >= 0.3 is 5.97 Å². The number of nitrogens with zero attached hydrogens (tertiary/aromatic N) is 3. The van der Waals surface area contributed by atoms with Crippen LogP contribution in [0, 0.1) is 11.3 Å². The lowest BCUT2D eigenvalue weighted by molar-refractivity contribution is 0.0529. The van der Waals surface area contributed by atoms with Gasteiger partial charge in [0.2, 0.25) is 0 Å². The number of likely N-dealkylation sites (N-methyl/N-ethyl adjacent to an activating group) is 1. The highest BCUT2D eigenvalue weighted by molar-refractivity contribution is 7.17. The van der Waals surface area contributed by atoms with Gasteiger partial charge < -0.3 is 20.3 Å². The molecule has 1 fully saturated rings. The normalized spacial score (nSPS) is 16.3. The number of thiophene rings is 1. The minimum Gasteiger partial charge on any atom is -0.462 e. The molecule has 0 amide bonds. The third-order valence-corrected chi connectivity index (χ3v) is 4.69. The number of carbonyl (C=O) groups excluding carboxylic acids is 1. The van der Waals surface area contributed by atoms with Gasteiger partial charge in [-0.25, -0.2) is 4.79 Å². The van der Waals surface area contributed by atoms with Crippen LogP contribution in [0.4, 0.5) is 10.7 Å². The van der Waals surface area contributed by atoms with E-state index >= 15 is 0 Å².